The molecule has 2 aromatic rings. The van der Waals surface area contributed by atoms with E-state index in [4.69, 9.17) is 0 Å². The van der Waals surface area contributed by atoms with Crippen molar-refractivity contribution in [3.63, 3.8) is 0 Å². The number of rotatable bonds is 3. The van der Waals surface area contributed by atoms with Crippen molar-refractivity contribution in [1.29, 1.82) is 0 Å². The predicted octanol–water partition coefficient (Wildman–Crippen LogP) is 2.12. The Morgan fingerprint density at radius 2 is 2.12 bits per heavy atom. The van der Waals surface area contributed by atoms with Crippen molar-refractivity contribution in [3.8, 4) is 0 Å². The molecule has 1 heterocycles. The van der Waals surface area contributed by atoms with E-state index >= 15 is 0 Å². The molecule has 0 spiro atoms. The first-order valence-electron chi connectivity index (χ1n) is 5.01. The molecular weight excluding hydrogens is 227 g/mol. The van der Waals surface area contributed by atoms with Gasteiger partial charge in [-0.15, -0.1) is 0 Å². The highest BCUT2D eigenvalue weighted by molar-refractivity contribution is 7.51. The van der Waals surface area contributed by atoms with Crippen LogP contribution in [0.5, 0.6) is 0 Å². The third-order valence-electron chi connectivity index (χ3n) is 2.56. The lowest BCUT2D eigenvalue weighted by molar-refractivity contribution is 0.339. The smallest absolute Gasteiger partial charge is 0.323 e. The van der Waals surface area contributed by atoms with Gasteiger partial charge < -0.3 is 14.4 Å². The molecule has 0 amide bonds. The largest absolute Gasteiger partial charge is 0.348 e. The van der Waals surface area contributed by atoms with Crippen LogP contribution >= 0.6 is 7.60 Å². The zero-order valence-electron chi connectivity index (χ0n) is 8.82. The molecular formula is C10H13N2O3P. The molecule has 1 unspecified atom stereocenters. The van der Waals surface area contributed by atoms with Crippen molar-refractivity contribution in [3.05, 3.63) is 30.6 Å². The Bertz CT molecular complexity index is 546. The minimum absolute atomic E-state index is 0.366. The lowest BCUT2D eigenvalue weighted by Gasteiger charge is -2.18. The summed E-state index contributed by atoms with van der Waals surface area (Å²) in [4.78, 5) is 22.7. The summed E-state index contributed by atoms with van der Waals surface area (Å²) in [6.45, 7) is 1.75. The summed E-state index contributed by atoms with van der Waals surface area (Å²) in [6.07, 6.45) is 1.85. The highest BCUT2D eigenvalue weighted by Gasteiger charge is 2.29. The highest BCUT2D eigenvalue weighted by Crippen LogP contribution is 2.51. The molecule has 0 aliphatic carbocycles. The Kier molecular flexibility index (Phi) is 2.84. The third-order valence-corrected chi connectivity index (χ3v) is 3.95. The second-order valence-corrected chi connectivity index (χ2v) is 5.39. The minimum atomic E-state index is -4.15. The highest BCUT2D eigenvalue weighted by atomic mass is 31.2. The summed E-state index contributed by atoms with van der Waals surface area (Å²) < 4.78 is 12.9. The van der Waals surface area contributed by atoms with Gasteiger partial charge >= 0.3 is 7.60 Å². The van der Waals surface area contributed by atoms with Crippen LogP contribution in [0.15, 0.2) is 30.6 Å². The van der Waals surface area contributed by atoms with Crippen LogP contribution in [0.1, 0.15) is 19.1 Å². The van der Waals surface area contributed by atoms with Gasteiger partial charge in [0.1, 0.15) is 5.78 Å². The summed E-state index contributed by atoms with van der Waals surface area (Å²) in [6, 6.07) is 7.30. The molecule has 1 atom stereocenters. The quantitative estimate of drug-likeness (QED) is 0.806. The monoisotopic (exact) mass is 240 g/mol. The van der Waals surface area contributed by atoms with E-state index in [1.807, 2.05) is 18.2 Å². The van der Waals surface area contributed by atoms with Gasteiger partial charge in [-0.3, -0.25) is 4.57 Å². The zero-order chi connectivity index (χ0) is 11.8. The number of para-hydroxylation sites is 2. The van der Waals surface area contributed by atoms with Gasteiger partial charge in [-0.2, -0.15) is 0 Å². The van der Waals surface area contributed by atoms with Crippen LogP contribution in [0.3, 0.4) is 0 Å². The van der Waals surface area contributed by atoms with Crippen LogP contribution in [0.4, 0.5) is 0 Å². The number of hydrogen-bond acceptors (Lipinski definition) is 2. The molecule has 0 aliphatic rings. The fraction of sp³-hybridized carbons (Fsp3) is 0.300. The molecule has 2 N–H and O–H groups in total. The molecule has 1 aromatic heterocycles. The molecule has 0 aliphatic heterocycles. The fourth-order valence-corrected chi connectivity index (χ4v) is 2.80. The molecule has 16 heavy (non-hydrogen) atoms. The third kappa shape index (κ3) is 1.89. The number of hydrogen-bond donors (Lipinski definition) is 2. The van der Waals surface area contributed by atoms with Crippen molar-refractivity contribution < 1.29 is 14.4 Å². The number of benzene rings is 1. The van der Waals surface area contributed by atoms with Crippen molar-refractivity contribution in [2.75, 3.05) is 0 Å². The van der Waals surface area contributed by atoms with Crippen molar-refractivity contribution >= 4 is 18.6 Å². The molecule has 0 fully saturated rings. The Morgan fingerprint density at radius 1 is 1.44 bits per heavy atom. The Hall–Kier alpha value is -1.16. The van der Waals surface area contributed by atoms with E-state index in [0.717, 1.165) is 11.0 Å². The van der Waals surface area contributed by atoms with E-state index in [1.165, 1.54) is 6.33 Å². The van der Waals surface area contributed by atoms with Gasteiger partial charge in [-0.1, -0.05) is 19.1 Å². The van der Waals surface area contributed by atoms with Crippen LogP contribution in [0.25, 0.3) is 11.0 Å². The van der Waals surface area contributed by atoms with Crippen LogP contribution in [-0.4, -0.2) is 19.3 Å². The first kappa shape index (κ1) is 11.3. The van der Waals surface area contributed by atoms with Gasteiger partial charge in [0.2, 0.25) is 0 Å². The Labute approximate surface area is 92.9 Å². The van der Waals surface area contributed by atoms with Crippen LogP contribution in [0, 0.1) is 0 Å². The second kappa shape index (κ2) is 4.01. The zero-order valence-corrected chi connectivity index (χ0v) is 9.71. The van der Waals surface area contributed by atoms with Gasteiger partial charge in [0.05, 0.1) is 17.4 Å². The van der Waals surface area contributed by atoms with E-state index in [1.54, 1.807) is 17.6 Å². The Balaban J connectivity index is 2.58. The average Bonchev–Trinajstić information content (AvgIpc) is 2.61. The standard InChI is InChI=1S/C10H13N2O3P/c1-2-10(16(13,14)15)12-7-11-8-5-3-4-6-9(8)12/h3-7,10H,2H2,1H3,(H2,13,14,15). The van der Waals surface area contributed by atoms with E-state index in [2.05, 4.69) is 4.98 Å². The van der Waals surface area contributed by atoms with Gasteiger partial charge in [0, 0.05) is 0 Å². The SMILES string of the molecule is CCC(n1cnc2ccccc21)P(=O)(O)O. The lowest BCUT2D eigenvalue weighted by Crippen LogP contribution is -2.07. The number of aromatic nitrogens is 2. The molecule has 1 aromatic carbocycles. The number of nitrogens with zero attached hydrogens (tertiary/aromatic N) is 2. The molecule has 2 rings (SSSR count). The summed E-state index contributed by atoms with van der Waals surface area (Å²) in [7, 11) is -4.15. The van der Waals surface area contributed by atoms with Gasteiger partial charge in [0.25, 0.3) is 0 Å². The molecule has 86 valence electrons. The molecule has 0 bridgehead atoms. The maximum Gasteiger partial charge on any atom is 0.348 e. The van der Waals surface area contributed by atoms with E-state index < -0.39 is 13.4 Å². The first-order chi connectivity index (χ1) is 7.54. The van der Waals surface area contributed by atoms with Crippen LogP contribution in [-0.2, 0) is 4.57 Å². The van der Waals surface area contributed by atoms with E-state index in [9.17, 15) is 14.4 Å². The van der Waals surface area contributed by atoms with E-state index in [-0.39, 0.29) is 0 Å². The molecule has 0 radical (unpaired) electrons. The van der Waals surface area contributed by atoms with Crippen LogP contribution < -0.4 is 0 Å². The van der Waals surface area contributed by atoms with Crippen molar-refractivity contribution in [2.24, 2.45) is 0 Å². The Morgan fingerprint density at radius 3 is 2.75 bits per heavy atom. The topological polar surface area (TPSA) is 75.4 Å². The number of fused-ring (bicyclic) bond motifs is 1. The minimum Gasteiger partial charge on any atom is -0.323 e. The molecule has 6 heteroatoms. The summed E-state index contributed by atoms with van der Waals surface area (Å²) in [5.74, 6) is -0.833. The second-order valence-electron chi connectivity index (χ2n) is 3.62. The average molecular weight is 240 g/mol. The fourth-order valence-electron chi connectivity index (χ4n) is 1.81. The van der Waals surface area contributed by atoms with Crippen molar-refractivity contribution in [1.82, 2.24) is 9.55 Å². The lowest BCUT2D eigenvalue weighted by atomic mass is 10.3. The number of imidazole rings is 1. The summed E-state index contributed by atoms with van der Waals surface area (Å²) in [5, 5.41) is 0. The maximum absolute atomic E-state index is 11.4. The first-order valence-corrected chi connectivity index (χ1v) is 6.69. The van der Waals surface area contributed by atoms with Gasteiger partial charge in [-0.25, -0.2) is 4.98 Å². The van der Waals surface area contributed by atoms with Gasteiger partial charge in [-0.05, 0) is 18.6 Å². The molecule has 5 nitrogen and oxygen atoms in total. The normalized spacial score (nSPS) is 14.2. The van der Waals surface area contributed by atoms with E-state index in [0.29, 0.717) is 6.42 Å². The van der Waals surface area contributed by atoms with Gasteiger partial charge in [0.15, 0.2) is 0 Å². The van der Waals surface area contributed by atoms with Crippen molar-refractivity contribution in [2.45, 2.75) is 19.1 Å². The predicted molar refractivity (Wildman–Crippen MR) is 61.1 cm³/mol. The molecule has 0 saturated carbocycles. The summed E-state index contributed by atoms with van der Waals surface area (Å²) >= 11 is 0. The maximum atomic E-state index is 11.4. The summed E-state index contributed by atoms with van der Waals surface area (Å²) in [5.41, 5.74) is 1.49. The van der Waals surface area contributed by atoms with Crippen LogP contribution in [0.2, 0.25) is 0 Å². The molecule has 0 saturated heterocycles.